The first kappa shape index (κ1) is 10.9. The van der Waals surface area contributed by atoms with Crippen LogP contribution in [0.5, 0.6) is 0 Å². The number of halogens is 1. The van der Waals surface area contributed by atoms with Crippen molar-refractivity contribution in [2.45, 2.75) is 6.54 Å². The molecule has 0 amide bonds. The summed E-state index contributed by atoms with van der Waals surface area (Å²) in [5.41, 5.74) is 0.883. The van der Waals surface area contributed by atoms with Gasteiger partial charge >= 0.3 is 0 Å². The third kappa shape index (κ3) is 3.70. The van der Waals surface area contributed by atoms with Crippen molar-refractivity contribution in [1.82, 2.24) is 0 Å². The minimum Gasteiger partial charge on any atom is -0.411 e. The number of alkyl halides is 1. The zero-order valence-electron chi connectivity index (χ0n) is 7.68. The van der Waals surface area contributed by atoms with Gasteiger partial charge in [-0.25, -0.2) is 4.57 Å². The molecule has 0 aliphatic rings. The normalized spacial score (nSPS) is 11.5. The molecule has 1 aromatic rings. The van der Waals surface area contributed by atoms with Gasteiger partial charge in [0.05, 0.1) is 6.21 Å². The summed E-state index contributed by atoms with van der Waals surface area (Å²) in [4.78, 5) is 0. The number of hydrogen-bond acceptors (Lipinski definition) is 2. The van der Waals surface area contributed by atoms with E-state index in [-0.39, 0.29) is 0 Å². The van der Waals surface area contributed by atoms with Crippen molar-refractivity contribution in [2.24, 2.45) is 5.16 Å². The van der Waals surface area contributed by atoms with Gasteiger partial charge in [-0.05, 0) is 6.08 Å². The third-order valence-electron chi connectivity index (χ3n) is 1.70. The number of oxime groups is 1. The Morgan fingerprint density at radius 3 is 2.64 bits per heavy atom. The minimum absolute atomic E-state index is 0.849. The van der Waals surface area contributed by atoms with E-state index in [9.17, 15) is 0 Å². The molecule has 4 heteroatoms. The van der Waals surface area contributed by atoms with Gasteiger partial charge in [0.25, 0.3) is 0 Å². The number of pyridine rings is 1. The van der Waals surface area contributed by atoms with E-state index in [4.69, 9.17) is 5.21 Å². The molecule has 1 N–H and O–H groups in total. The van der Waals surface area contributed by atoms with Crippen molar-refractivity contribution in [3.05, 3.63) is 42.2 Å². The average Bonchev–Trinajstić information content (AvgIpc) is 2.21. The van der Waals surface area contributed by atoms with E-state index in [2.05, 4.69) is 33.2 Å². The van der Waals surface area contributed by atoms with E-state index in [1.165, 1.54) is 6.21 Å². The van der Waals surface area contributed by atoms with Crippen LogP contribution >= 0.6 is 15.9 Å². The van der Waals surface area contributed by atoms with Crippen LogP contribution < -0.4 is 4.57 Å². The molecule has 0 saturated carbocycles. The maximum atomic E-state index is 8.31. The SMILES string of the molecule is O/N=C/c1cc[n+](C/C=C/CBr)cc1. The molecule has 0 fully saturated rings. The summed E-state index contributed by atoms with van der Waals surface area (Å²) in [7, 11) is 0. The van der Waals surface area contributed by atoms with Gasteiger partial charge in [0.15, 0.2) is 18.9 Å². The molecule has 3 nitrogen and oxygen atoms in total. The van der Waals surface area contributed by atoms with Crippen LogP contribution in [0.2, 0.25) is 0 Å². The predicted octanol–water partition coefficient (Wildman–Crippen LogP) is 1.73. The Balaban J connectivity index is 2.59. The molecular weight excluding hydrogens is 244 g/mol. The summed E-state index contributed by atoms with van der Waals surface area (Å²) in [5.74, 6) is 0. The van der Waals surface area contributed by atoms with Gasteiger partial charge in [0.2, 0.25) is 0 Å². The zero-order valence-corrected chi connectivity index (χ0v) is 9.26. The first-order chi connectivity index (χ1) is 6.86. The Labute approximate surface area is 91.5 Å². The Hall–Kier alpha value is -1.16. The van der Waals surface area contributed by atoms with Crippen molar-refractivity contribution in [3.8, 4) is 0 Å². The summed E-state index contributed by atoms with van der Waals surface area (Å²) in [5, 5.41) is 12.1. The second-order valence-corrected chi connectivity index (χ2v) is 3.35. The number of rotatable bonds is 4. The lowest BCUT2D eigenvalue weighted by atomic mass is 10.3. The molecule has 74 valence electrons. The van der Waals surface area contributed by atoms with Crippen LogP contribution in [-0.4, -0.2) is 16.8 Å². The lowest BCUT2D eigenvalue weighted by Gasteiger charge is -1.92. The van der Waals surface area contributed by atoms with Gasteiger partial charge in [0, 0.05) is 23.0 Å². The summed E-state index contributed by atoms with van der Waals surface area (Å²) in [6, 6.07) is 3.78. The molecule has 0 unspecified atom stereocenters. The van der Waals surface area contributed by atoms with Gasteiger partial charge in [-0.1, -0.05) is 27.2 Å². The average molecular weight is 256 g/mol. The van der Waals surface area contributed by atoms with Crippen LogP contribution in [0.3, 0.4) is 0 Å². The van der Waals surface area contributed by atoms with E-state index in [0.717, 1.165) is 17.4 Å². The zero-order chi connectivity index (χ0) is 10.2. The third-order valence-corrected chi connectivity index (χ3v) is 2.07. The van der Waals surface area contributed by atoms with E-state index in [0.29, 0.717) is 0 Å². The highest BCUT2D eigenvalue weighted by Gasteiger charge is 1.95. The number of allylic oxidation sites excluding steroid dienone is 2. The maximum Gasteiger partial charge on any atom is 0.169 e. The van der Waals surface area contributed by atoms with E-state index >= 15 is 0 Å². The van der Waals surface area contributed by atoms with Crippen LogP contribution in [0.15, 0.2) is 41.8 Å². The van der Waals surface area contributed by atoms with Gasteiger partial charge in [-0.15, -0.1) is 0 Å². The fourth-order valence-corrected chi connectivity index (χ4v) is 1.27. The molecular formula is C10H12BrN2O+. The molecule has 1 aromatic heterocycles. The molecule has 0 spiro atoms. The predicted molar refractivity (Wildman–Crippen MR) is 59.0 cm³/mol. The van der Waals surface area contributed by atoms with E-state index < -0.39 is 0 Å². The molecule has 1 rings (SSSR count). The summed E-state index contributed by atoms with van der Waals surface area (Å²) >= 11 is 3.31. The van der Waals surface area contributed by atoms with Gasteiger partial charge in [-0.2, -0.15) is 0 Å². The van der Waals surface area contributed by atoms with Crippen molar-refractivity contribution < 1.29 is 9.77 Å². The van der Waals surface area contributed by atoms with Crippen molar-refractivity contribution in [2.75, 3.05) is 5.33 Å². The number of hydrogen-bond donors (Lipinski definition) is 1. The molecule has 14 heavy (non-hydrogen) atoms. The lowest BCUT2D eigenvalue weighted by molar-refractivity contribution is -0.687. The Kier molecular flexibility index (Phi) is 4.93. The van der Waals surface area contributed by atoms with E-state index in [1.807, 2.05) is 29.1 Å². The topological polar surface area (TPSA) is 36.5 Å². The molecule has 0 aliphatic carbocycles. The van der Waals surface area contributed by atoms with Crippen molar-refractivity contribution in [3.63, 3.8) is 0 Å². The van der Waals surface area contributed by atoms with Gasteiger partial charge in [-0.3, -0.25) is 0 Å². The summed E-state index contributed by atoms with van der Waals surface area (Å²) < 4.78 is 2.04. The van der Waals surface area contributed by atoms with Crippen molar-refractivity contribution >= 4 is 22.1 Å². The molecule has 0 aliphatic heterocycles. The fourth-order valence-electron chi connectivity index (χ4n) is 1.00. The molecule has 1 heterocycles. The smallest absolute Gasteiger partial charge is 0.169 e. The largest absolute Gasteiger partial charge is 0.411 e. The summed E-state index contributed by atoms with van der Waals surface area (Å²) in [6.45, 7) is 0.849. The molecule has 0 saturated heterocycles. The monoisotopic (exact) mass is 255 g/mol. The summed E-state index contributed by atoms with van der Waals surface area (Å²) in [6.07, 6.45) is 9.41. The first-order valence-corrected chi connectivity index (χ1v) is 5.36. The Morgan fingerprint density at radius 2 is 2.07 bits per heavy atom. The number of aromatic nitrogens is 1. The second kappa shape index (κ2) is 6.32. The highest BCUT2D eigenvalue weighted by molar-refractivity contribution is 9.09. The van der Waals surface area contributed by atoms with Crippen LogP contribution in [0.1, 0.15) is 5.56 Å². The number of nitrogens with zero attached hydrogens (tertiary/aromatic N) is 2. The van der Waals surface area contributed by atoms with Crippen LogP contribution in [0, 0.1) is 0 Å². The second-order valence-electron chi connectivity index (χ2n) is 2.70. The van der Waals surface area contributed by atoms with Gasteiger partial charge < -0.3 is 5.21 Å². The minimum atomic E-state index is 0.849. The lowest BCUT2D eigenvalue weighted by Crippen LogP contribution is -2.31. The van der Waals surface area contributed by atoms with Crippen LogP contribution in [-0.2, 0) is 6.54 Å². The van der Waals surface area contributed by atoms with Crippen LogP contribution in [0.4, 0.5) is 0 Å². The van der Waals surface area contributed by atoms with Gasteiger partial charge in [0.1, 0.15) is 0 Å². The molecule has 0 atom stereocenters. The Bertz CT molecular complexity index is 319. The molecule has 0 bridgehead atoms. The maximum absolute atomic E-state index is 8.31. The highest BCUT2D eigenvalue weighted by Crippen LogP contribution is 1.90. The van der Waals surface area contributed by atoms with Crippen LogP contribution in [0.25, 0.3) is 0 Å². The molecule has 0 radical (unpaired) electrons. The van der Waals surface area contributed by atoms with Crippen molar-refractivity contribution in [1.29, 1.82) is 0 Å². The Morgan fingerprint density at radius 1 is 1.36 bits per heavy atom. The van der Waals surface area contributed by atoms with E-state index in [1.54, 1.807) is 0 Å². The molecule has 0 aromatic carbocycles. The quantitative estimate of drug-likeness (QED) is 0.218. The highest BCUT2D eigenvalue weighted by atomic mass is 79.9. The fraction of sp³-hybridized carbons (Fsp3) is 0.200. The standard InChI is InChI=1S/C10H11BrN2O/c11-5-1-2-6-13-7-3-10(4-8-13)9-12-14/h1-4,7-9H,5-6H2/p+1/b2-1+. The first-order valence-electron chi connectivity index (χ1n) is 4.24.